The van der Waals surface area contributed by atoms with Crippen LogP contribution >= 0.6 is 0 Å². The molecule has 0 aliphatic carbocycles. The second-order valence-electron chi connectivity index (χ2n) is 3.31. The highest BCUT2D eigenvalue weighted by Gasteiger charge is 1.72. The lowest BCUT2D eigenvalue weighted by atomic mass is 10.2. The number of hydrogen-bond donors (Lipinski definition) is 0. The van der Waals surface area contributed by atoms with Crippen molar-refractivity contribution in [1.29, 1.82) is 0 Å². The Morgan fingerprint density at radius 2 is 0.750 bits per heavy atom. The summed E-state index contributed by atoms with van der Waals surface area (Å²) < 4.78 is 0. The molecule has 0 saturated heterocycles. The van der Waals surface area contributed by atoms with Crippen LogP contribution in [0.3, 0.4) is 0 Å². The summed E-state index contributed by atoms with van der Waals surface area (Å²) in [5.74, 6) is 0. The van der Waals surface area contributed by atoms with Crippen molar-refractivity contribution in [3.63, 3.8) is 0 Å². The number of benzene rings is 2. The van der Waals surface area contributed by atoms with Crippen LogP contribution in [-0.4, -0.2) is 0 Å². The van der Waals surface area contributed by atoms with E-state index in [1.54, 1.807) is 0 Å². The lowest BCUT2D eigenvalue weighted by molar-refractivity contribution is 1.48. The smallest absolute Gasteiger partial charge is 0.0398 e. The van der Waals surface area contributed by atoms with E-state index in [-0.39, 0.29) is 0 Å². The van der Waals surface area contributed by atoms with Gasteiger partial charge in [0.05, 0.1) is 0 Å². The quantitative estimate of drug-likeness (QED) is 0.578. The Labute approximate surface area is 100.0 Å². The summed E-state index contributed by atoms with van der Waals surface area (Å²) in [7, 11) is 0. The third-order valence-corrected chi connectivity index (χ3v) is 1.88. The van der Waals surface area contributed by atoms with Gasteiger partial charge in [-0.1, -0.05) is 85.6 Å². The van der Waals surface area contributed by atoms with Crippen molar-refractivity contribution in [2.24, 2.45) is 0 Å². The van der Waals surface area contributed by atoms with Gasteiger partial charge in [-0.05, 0) is 13.8 Å². The molecular weight excluding hydrogens is 192 g/mol. The van der Waals surface area contributed by atoms with E-state index in [0.717, 1.165) is 0 Å². The van der Waals surface area contributed by atoms with Gasteiger partial charge in [-0.3, -0.25) is 0 Å². The molecule has 2 rings (SSSR count). The van der Waals surface area contributed by atoms with Crippen LogP contribution in [0, 0.1) is 13.8 Å². The average Bonchev–Trinajstić information content (AvgIpc) is 2.34. The van der Waals surface area contributed by atoms with Crippen molar-refractivity contribution in [3.8, 4) is 0 Å². The van der Waals surface area contributed by atoms with E-state index in [0.29, 0.717) is 0 Å². The second-order valence-corrected chi connectivity index (χ2v) is 3.31. The number of aryl methyl sites for hydroxylation is 2. The summed E-state index contributed by atoms with van der Waals surface area (Å²) in [6.07, 6.45) is 0. The predicted octanol–water partition coefficient (Wildman–Crippen LogP) is 5.02. The van der Waals surface area contributed by atoms with Crippen LogP contribution in [-0.2, 0) is 0 Å². The minimum atomic E-state index is 1.32. The fraction of sp³-hybridized carbons (Fsp3) is 0.250. The van der Waals surface area contributed by atoms with Crippen LogP contribution in [0.5, 0.6) is 0 Å². The molecule has 0 N–H and O–H groups in total. The molecule has 0 aliphatic rings. The lowest BCUT2D eigenvalue weighted by Gasteiger charge is -1.82. The van der Waals surface area contributed by atoms with Crippen LogP contribution in [0.4, 0.5) is 0 Å². The van der Waals surface area contributed by atoms with Gasteiger partial charge < -0.3 is 0 Å². The van der Waals surface area contributed by atoms with Crippen LogP contribution in [0.1, 0.15) is 25.0 Å². The summed E-state index contributed by atoms with van der Waals surface area (Å²) in [6.45, 7) is 8.17. The molecule has 0 bridgehead atoms. The zero-order chi connectivity index (χ0) is 12.2. The first kappa shape index (κ1) is 14.4. The van der Waals surface area contributed by atoms with Crippen molar-refractivity contribution in [1.82, 2.24) is 0 Å². The molecule has 2 aromatic carbocycles. The second kappa shape index (κ2) is 9.97. The largest absolute Gasteiger partial charge is 0.0683 e. The van der Waals surface area contributed by atoms with Crippen molar-refractivity contribution < 1.29 is 0 Å². The lowest BCUT2D eigenvalue weighted by Crippen LogP contribution is -1.62. The highest BCUT2D eigenvalue weighted by molar-refractivity contribution is 5.12. The van der Waals surface area contributed by atoms with Gasteiger partial charge in [-0.15, -0.1) is 0 Å². The van der Waals surface area contributed by atoms with E-state index in [2.05, 4.69) is 38.1 Å². The SMILES string of the molecule is CC.Cc1ccccc1.Cc1ccccc1. The molecule has 2 aromatic rings. The first-order chi connectivity index (χ1) is 7.79. The molecule has 0 spiro atoms. The minimum Gasteiger partial charge on any atom is -0.0683 e. The molecule has 0 aliphatic heterocycles. The molecule has 0 fully saturated rings. The molecule has 0 amide bonds. The van der Waals surface area contributed by atoms with Crippen molar-refractivity contribution in [3.05, 3.63) is 71.8 Å². The summed E-state index contributed by atoms with van der Waals surface area (Å²) in [5.41, 5.74) is 2.64. The number of rotatable bonds is 0. The van der Waals surface area contributed by atoms with Gasteiger partial charge in [0.2, 0.25) is 0 Å². The Morgan fingerprint density at radius 1 is 0.500 bits per heavy atom. The summed E-state index contributed by atoms with van der Waals surface area (Å²) in [4.78, 5) is 0. The summed E-state index contributed by atoms with van der Waals surface area (Å²) in [5, 5.41) is 0. The Morgan fingerprint density at radius 3 is 0.875 bits per heavy atom. The molecule has 0 heteroatoms. The van der Waals surface area contributed by atoms with E-state index in [9.17, 15) is 0 Å². The Balaban J connectivity index is 0.000000244. The molecule has 0 heterocycles. The molecule has 0 nitrogen and oxygen atoms in total. The Hall–Kier alpha value is -1.56. The van der Waals surface area contributed by atoms with Crippen molar-refractivity contribution in [2.45, 2.75) is 27.7 Å². The molecule has 0 aromatic heterocycles. The normalized spacial score (nSPS) is 8.00. The maximum Gasteiger partial charge on any atom is -0.0398 e. The van der Waals surface area contributed by atoms with E-state index in [1.807, 2.05) is 50.2 Å². The zero-order valence-corrected chi connectivity index (χ0v) is 10.8. The molecular formula is C16H22. The maximum absolute atomic E-state index is 2.08. The third kappa shape index (κ3) is 7.81. The van der Waals surface area contributed by atoms with Crippen LogP contribution in [0.2, 0.25) is 0 Å². The average molecular weight is 214 g/mol. The van der Waals surface area contributed by atoms with Gasteiger partial charge in [0, 0.05) is 0 Å². The van der Waals surface area contributed by atoms with Gasteiger partial charge in [-0.2, -0.15) is 0 Å². The van der Waals surface area contributed by atoms with E-state index in [1.165, 1.54) is 11.1 Å². The first-order valence-electron chi connectivity index (χ1n) is 5.82. The van der Waals surface area contributed by atoms with E-state index < -0.39 is 0 Å². The molecule has 0 unspecified atom stereocenters. The fourth-order valence-electron chi connectivity index (χ4n) is 1.07. The van der Waals surface area contributed by atoms with Gasteiger partial charge >= 0.3 is 0 Å². The standard InChI is InChI=1S/2C7H8.C2H6/c2*1-7-5-3-2-4-6-7;1-2/h2*2-6H,1H3;1-2H3. The summed E-state index contributed by atoms with van der Waals surface area (Å²) in [6, 6.07) is 20.5. The topological polar surface area (TPSA) is 0 Å². The highest BCUT2D eigenvalue weighted by Crippen LogP contribution is 1.92. The third-order valence-electron chi connectivity index (χ3n) is 1.88. The molecule has 86 valence electrons. The maximum atomic E-state index is 2.08. The molecule has 0 atom stereocenters. The number of hydrogen-bond acceptors (Lipinski definition) is 0. The summed E-state index contributed by atoms with van der Waals surface area (Å²) >= 11 is 0. The van der Waals surface area contributed by atoms with Gasteiger partial charge in [0.25, 0.3) is 0 Å². The zero-order valence-electron chi connectivity index (χ0n) is 10.8. The van der Waals surface area contributed by atoms with Crippen molar-refractivity contribution >= 4 is 0 Å². The van der Waals surface area contributed by atoms with Crippen LogP contribution < -0.4 is 0 Å². The predicted molar refractivity (Wildman–Crippen MR) is 73.7 cm³/mol. The first-order valence-corrected chi connectivity index (χ1v) is 5.82. The fourth-order valence-corrected chi connectivity index (χ4v) is 1.07. The van der Waals surface area contributed by atoms with E-state index >= 15 is 0 Å². The van der Waals surface area contributed by atoms with Crippen LogP contribution in [0.15, 0.2) is 60.7 Å². The monoisotopic (exact) mass is 214 g/mol. The van der Waals surface area contributed by atoms with Crippen molar-refractivity contribution in [2.75, 3.05) is 0 Å². The van der Waals surface area contributed by atoms with E-state index in [4.69, 9.17) is 0 Å². The molecule has 16 heavy (non-hydrogen) atoms. The highest BCUT2D eigenvalue weighted by atomic mass is 13.8. The van der Waals surface area contributed by atoms with Gasteiger partial charge in [0.15, 0.2) is 0 Å². The van der Waals surface area contributed by atoms with Crippen LogP contribution in [0.25, 0.3) is 0 Å². The molecule has 0 saturated carbocycles. The minimum absolute atomic E-state index is 1.32. The van der Waals surface area contributed by atoms with Gasteiger partial charge in [-0.25, -0.2) is 0 Å². The van der Waals surface area contributed by atoms with Gasteiger partial charge in [0.1, 0.15) is 0 Å². The Kier molecular flexibility index (Phi) is 9.00. The Bertz CT molecular complexity index is 297. The molecule has 0 radical (unpaired) electrons.